The highest BCUT2D eigenvalue weighted by Gasteiger charge is 2.33. The lowest BCUT2D eigenvalue weighted by atomic mass is 9.82. The van der Waals surface area contributed by atoms with E-state index in [2.05, 4.69) is 54.3 Å². The van der Waals surface area contributed by atoms with E-state index < -0.39 is 0 Å². The van der Waals surface area contributed by atoms with Crippen LogP contribution in [0.1, 0.15) is 35.6 Å². The number of phenolic OH excluding ortho intramolecular Hbond substituents is 1. The average Bonchev–Trinajstić information content (AvgIpc) is 2.78. The van der Waals surface area contributed by atoms with E-state index in [9.17, 15) is 5.11 Å². The molecule has 0 spiro atoms. The normalized spacial score (nSPS) is 20.2. The van der Waals surface area contributed by atoms with Crippen LogP contribution in [0, 0.1) is 0 Å². The number of hydrogen-bond donors (Lipinski definition) is 1. The van der Waals surface area contributed by atoms with Crippen LogP contribution in [0.5, 0.6) is 17.2 Å². The minimum Gasteiger partial charge on any atom is -0.508 e. The lowest BCUT2D eigenvalue weighted by Gasteiger charge is -2.36. The molecule has 0 saturated carbocycles. The zero-order valence-corrected chi connectivity index (χ0v) is 16.5. The molecule has 2 unspecified atom stereocenters. The summed E-state index contributed by atoms with van der Waals surface area (Å²) in [5, 5.41) is 9.94. The van der Waals surface area contributed by atoms with Gasteiger partial charge in [-0.3, -0.25) is 0 Å². The quantitative estimate of drug-likeness (QED) is 0.681. The maximum Gasteiger partial charge on any atom is 0.142 e. The highest BCUT2D eigenvalue weighted by Crippen LogP contribution is 2.46. The van der Waals surface area contributed by atoms with Crippen molar-refractivity contribution in [2.75, 3.05) is 24.6 Å². The molecule has 0 bridgehead atoms. The lowest BCUT2D eigenvalue weighted by Crippen LogP contribution is -2.32. The van der Waals surface area contributed by atoms with Crippen molar-refractivity contribution >= 4 is 5.69 Å². The monoisotopic (exact) mass is 387 g/mol. The van der Waals surface area contributed by atoms with Gasteiger partial charge in [-0.2, -0.15) is 0 Å². The van der Waals surface area contributed by atoms with Gasteiger partial charge in [-0.1, -0.05) is 36.4 Å². The van der Waals surface area contributed by atoms with Gasteiger partial charge < -0.3 is 19.5 Å². The second-order valence-corrected chi connectivity index (χ2v) is 7.71. The highest BCUT2D eigenvalue weighted by atomic mass is 16.5. The van der Waals surface area contributed by atoms with E-state index in [0.717, 1.165) is 54.4 Å². The van der Waals surface area contributed by atoms with Crippen LogP contribution in [-0.4, -0.2) is 24.8 Å². The van der Waals surface area contributed by atoms with Gasteiger partial charge in [-0.15, -0.1) is 0 Å². The number of rotatable bonds is 3. The summed E-state index contributed by atoms with van der Waals surface area (Å²) in [5.74, 6) is 2.24. The number of ether oxygens (including phenoxy) is 2. The van der Waals surface area contributed by atoms with Gasteiger partial charge in [0.2, 0.25) is 0 Å². The van der Waals surface area contributed by atoms with E-state index in [1.165, 1.54) is 5.56 Å². The van der Waals surface area contributed by atoms with Crippen molar-refractivity contribution in [1.29, 1.82) is 0 Å². The lowest BCUT2D eigenvalue weighted by molar-refractivity contribution is 0.151. The molecule has 2 aliphatic heterocycles. The van der Waals surface area contributed by atoms with Gasteiger partial charge in [0.15, 0.2) is 0 Å². The summed E-state index contributed by atoms with van der Waals surface area (Å²) in [6, 6.07) is 22.3. The van der Waals surface area contributed by atoms with E-state index in [4.69, 9.17) is 9.47 Å². The standard InChI is InChI=1S/C25H25NO3/c1-2-26-12-13-28-24-10-8-18(16-22(24)26)25-21(17-6-4-3-5-7-17)15-19-14-20(27)9-11-23(19)29-25/h3-11,14,16,21,25,27H,2,12-13,15H2,1H3. The van der Waals surface area contributed by atoms with Gasteiger partial charge in [0.05, 0.1) is 12.2 Å². The molecule has 0 saturated heterocycles. The predicted molar refractivity (Wildman–Crippen MR) is 114 cm³/mol. The molecular formula is C25H25NO3. The second-order valence-electron chi connectivity index (χ2n) is 7.71. The molecule has 0 amide bonds. The van der Waals surface area contributed by atoms with Crippen molar-refractivity contribution in [3.8, 4) is 17.2 Å². The molecule has 3 aromatic rings. The molecule has 148 valence electrons. The van der Waals surface area contributed by atoms with E-state index >= 15 is 0 Å². The first-order chi connectivity index (χ1) is 14.2. The van der Waals surface area contributed by atoms with Crippen molar-refractivity contribution in [2.45, 2.75) is 25.4 Å². The third-order valence-corrected chi connectivity index (χ3v) is 5.98. The number of phenols is 1. The Morgan fingerprint density at radius 2 is 1.79 bits per heavy atom. The molecule has 0 radical (unpaired) electrons. The molecule has 2 aliphatic rings. The van der Waals surface area contributed by atoms with Crippen molar-refractivity contribution in [3.05, 3.63) is 83.4 Å². The third kappa shape index (κ3) is 3.29. The molecule has 4 nitrogen and oxygen atoms in total. The molecular weight excluding hydrogens is 362 g/mol. The maximum absolute atomic E-state index is 9.94. The first-order valence-electron chi connectivity index (χ1n) is 10.3. The Kier molecular flexibility index (Phi) is 4.55. The summed E-state index contributed by atoms with van der Waals surface area (Å²) in [6.45, 7) is 4.76. The molecule has 2 atom stereocenters. The number of benzene rings is 3. The van der Waals surface area contributed by atoms with Gasteiger partial charge >= 0.3 is 0 Å². The third-order valence-electron chi connectivity index (χ3n) is 5.98. The fourth-order valence-corrected chi connectivity index (χ4v) is 4.49. The summed E-state index contributed by atoms with van der Waals surface area (Å²) < 4.78 is 12.4. The number of aromatic hydroxyl groups is 1. The van der Waals surface area contributed by atoms with Crippen LogP contribution < -0.4 is 14.4 Å². The van der Waals surface area contributed by atoms with Crippen LogP contribution in [0.25, 0.3) is 0 Å². The number of hydrogen-bond acceptors (Lipinski definition) is 4. The van der Waals surface area contributed by atoms with E-state index in [1.807, 2.05) is 18.2 Å². The summed E-state index contributed by atoms with van der Waals surface area (Å²) in [7, 11) is 0. The Morgan fingerprint density at radius 3 is 2.62 bits per heavy atom. The largest absolute Gasteiger partial charge is 0.508 e. The van der Waals surface area contributed by atoms with E-state index in [-0.39, 0.29) is 17.8 Å². The average molecular weight is 387 g/mol. The van der Waals surface area contributed by atoms with Crippen molar-refractivity contribution < 1.29 is 14.6 Å². The van der Waals surface area contributed by atoms with Gasteiger partial charge in [0.25, 0.3) is 0 Å². The topological polar surface area (TPSA) is 41.9 Å². The van der Waals surface area contributed by atoms with Gasteiger partial charge in [-0.25, -0.2) is 0 Å². The number of nitrogens with zero attached hydrogens (tertiary/aromatic N) is 1. The Labute approximate surface area is 171 Å². The molecule has 0 aromatic heterocycles. The summed E-state index contributed by atoms with van der Waals surface area (Å²) in [6.07, 6.45) is 0.726. The van der Waals surface area contributed by atoms with Crippen molar-refractivity contribution in [2.24, 2.45) is 0 Å². The van der Waals surface area contributed by atoms with Crippen LogP contribution >= 0.6 is 0 Å². The molecule has 2 heterocycles. The summed E-state index contributed by atoms with van der Waals surface area (Å²) in [5.41, 5.74) is 4.59. The molecule has 1 N–H and O–H groups in total. The van der Waals surface area contributed by atoms with Crippen LogP contribution in [0.15, 0.2) is 66.7 Å². The SMILES string of the molecule is CCN1CCOc2ccc(C3Oc4ccc(O)cc4CC3c3ccccc3)cc21. The fourth-order valence-electron chi connectivity index (χ4n) is 4.49. The molecule has 29 heavy (non-hydrogen) atoms. The molecule has 5 rings (SSSR count). The maximum atomic E-state index is 9.94. The van der Waals surface area contributed by atoms with Gasteiger partial charge in [0, 0.05) is 12.5 Å². The zero-order chi connectivity index (χ0) is 19.8. The smallest absolute Gasteiger partial charge is 0.142 e. The van der Waals surface area contributed by atoms with Gasteiger partial charge in [0.1, 0.15) is 30.0 Å². The van der Waals surface area contributed by atoms with Crippen molar-refractivity contribution in [1.82, 2.24) is 0 Å². The van der Waals surface area contributed by atoms with Crippen LogP contribution in [0.2, 0.25) is 0 Å². The van der Waals surface area contributed by atoms with Gasteiger partial charge in [-0.05, 0) is 60.4 Å². The Hall–Kier alpha value is -3.14. The van der Waals surface area contributed by atoms with Crippen LogP contribution in [0.4, 0.5) is 5.69 Å². The number of anilines is 1. The van der Waals surface area contributed by atoms with E-state index in [1.54, 1.807) is 6.07 Å². The predicted octanol–water partition coefficient (Wildman–Crippen LogP) is 5.07. The van der Waals surface area contributed by atoms with Crippen LogP contribution in [0.3, 0.4) is 0 Å². The number of fused-ring (bicyclic) bond motifs is 2. The Balaban J connectivity index is 1.59. The zero-order valence-electron chi connectivity index (χ0n) is 16.5. The number of likely N-dealkylation sites (N-methyl/N-ethyl adjacent to an activating group) is 1. The van der Waals surface area contributed by atoms with Crippen molar-refractivity contribution in [3.63, 3.8) is 0 Å². The minimum absolute atomic E-state index is 0.0969. The Bertz CT molecular complexity index is 1020. The molecule has 4 heteroatoms. The first-order valence-corrected chi connectivity index (χ1v) is 10.3. The molecule has 3 aromatic carbocycles. The highest BCUT2D eigenvalue weighted by molar-refractivity contribution is 5.62. The van der Waals surface area contributed by atoms with E-state index in [0.29, 0.717) is 0 Å². The summed E-state index contributed by atoms with van der Waals surface area (Å²) >= 11 is 0. The molecule has 0 aliphatic carbocycles. The Morgan fingerprint density at radius 1 is 0.966 bits per heavy atom. The first kappa shape index (κ1) is 17.9. The summed E-state index contributed by atoms with van der Waals surface area (Å²) in [4.78, 5) is 2.36. The second kappa shape index (κ2) is 7.36. The fraction of sp³-hybridized carbons (Fsp3) is 0.280. The molecule has 0 fully saturated rings. The minimum atomic E-state index is -0.0969. The van der Waals surface area contributed by atoms with Crippen LogP contribution in [-0.2, 0) is 6.42 Å².